The molecule has 1 fully saturated rings. The zero-order valence-corrected chi connectivity index (χ0v) is 20.8. The molecule has 0 spiro atoms. The Morgan fingerprint density at radius 1 is 1.32 bits per heavy atom. The number of esters is 1. The lowest BCUT2D eigenvalue weighted by molar-refractivity contribution is -0.155. The second-order valence-electron chi connectivity index (χ2n) is 8.76. The van der Waals surface area contributed by atoms with E-state index in [-0.39, 0.29) is 36.1 Å². The van der Waals surface area contributed by atoms with Gasteiger partial charge in [0.2, 0.25) is 6.79 Å². The van der Waals surface area contributed by atoms with Gasteiger partial charge in [0.15, 0.2) is 0 Å². The number of nitrogens with one attached hydrogen (secondary N) is 2. The predicted molar refractivity (Wildman–Crippen MR) is 132 cm³/mol. The molecule has 3 atom stereocenters. The Kier molecular flexibility index (Phi) is 8.78. The van der Waals surface area contributed by atoms with Crippen molar-refractivity contribution in [1.29, 1.82) is 0 Å². The second kappa shape index (κ2) is 11.8. The molecular formula is C23H29N5O9. The van der Waals surface area contributed by atoms with Crippen molar-refractivity contribution >= 4 is 52.5 Å². The number of ether oxygens (including phenoxy) is 3. The molecule has 2 aromatic rings. The van der Waals surface area contributed by atoms with Crippen LogP contribution in [0.3, 0.4) is 0 Å². The Balaban J connectivity index is 0.000000886. The van der Waals surface area contributed by atoms with Gasteiger partial charge in [0.25, 0.3) is 11.5 Å². The normalized spacial score (nSPS) is 19.6. The van der Waals surface area contributed by atoms with Crippen LogP contribution in [0, 0.1) is 11.8 Å². The lowest BCUT2D eigenvalue weighted by Crippen LogP contribution is -2.20. The van der Waals surface area contributed by atoms with Gasteiger partial charge in [-0.3, -0.25) is 19.7 Å². The molecule has 37 heavy (non-hydrogen) atoms. The molecule has 4 N–H and O–H groups in total. The third-order valence-corrected chi connectivity index (χ3v) is 5.44. The molecule has 3 unspecified atom stereocenters. The van der Waals surface area contributed by atoms with Crippen LogP contribution in [0.5, 0.6) is 0 Å². The predicted octanol–water partition coefficient (Wildman–Crippen LogP) is 2.19. The van der Waals surface area contributed by atoms with Crippen LogP contribution in [0.4, 0.5) is 22.1 Å². The molecule has 4 heterocycles. The van der Waals surface area contributed by atoms with Crippen LogP contribution in [0.15, 0.2) is 22.1 Å². The topological polar surface area (TPSA) is 191 Å². The third-order valence-electron chi connectivity index (χ3n) is 5.44. The van der Waals surface area contributed by atoms with E-state index in [4.69, 9.17) is 24.1 Å². The average Bonchev–Trinajstić information content (AvgIpc) is 3.35. The summed E-state index contributed by atoms with van der Waals surface area (Å²) >= 11 is 0. The van der Waals surface area contributed by atoms with Gasteiger partial charge in [0.05, 0.1) is 36.0 Å². The Morgan fingerprint density at radius 2 is 2.03 bits per heavy atom. The Bertz CT molecular complexity index is 1270. The van der Waals surface area contributed by atoms with E-state index in [2.05, 4.69) is 20.6 Å². The van der Waals surface area contributed by atoms with Gasteiger partial charge in [0.1, 0.15) is 17.9 Å². The van der Waals surface area contributed by atoms with Crippen molar-refractivity contribution in [3.05, 3.63) is 22.6 Å². The molecule has 1 amide bonds. The molecule has 0 bridgehead atoms. The fourth-order valence-corrected chi connectivity index (χ4v) is 3.87. The molecule has 0 radical (unpaired) electrons. The third kappa shape index (κ3) is 6.59. The first-order valence-corrected chi connectivity index (χ1v) is 11.5. The maximum Gasteiger partial charge on any atom is 0.414 e. The fourth-order valence-electron chi connectivity index (χ4n) is 3.87. The smallest absolute Gasteiger partial charge is 0.414 e. The monoisotopic (exact) mass is 519 g/mol. The van der Waals surface area contributed by atoms with Crippen molar-refractivity contribution in [2.45, 2.75) is 46.4 Å². The van der Waals surface area contributed by atoms with Crippen LogP contribution in [0.1, 0.15) is 40.3 Å². The summed E-state index contributed by atoms with van der Waals surface area (Å²) in [5.41, 5.74) is -0.439. The number of aliphatic carboxylic acids is 1. The van der Waals surface area contributed by atoms with Crippen molar-refractivity contribution in [3.63, 3.8) is 0 Å². The molecule has 200 valence electrons. The number of carbonyl (C=O) groups excluding carboxylic acids is 2. The number of hydrogen-bond donors (Lipinski definition) is 4. The van der Waals surface area contributed by atoms with E-state index in [0.29, 0.717) is 23.0 Å². The number of nitrogens with zero attached hydrogens (tertiary/aromatic N) is 3. The maximum absolute atomic E-state index is 12.3. The molecule has 0 aromatic carbocycles. The summed E-state index contributed by atoms with van der Waals surface area (Å²) in [5, 5.41) is 23.3. The highest BCUT2D eigenvalue weighted by Crippen LogP contribution is 2.43. The standard InChI is InChI=1S/C21H25N5O7.C2H4O2/c1-10(2)20(29)31-9-32-21(30)24-14-5-15(28)25-17-16-13(14)6-26(18(16)23-8-22-17)19-11(3)4-12(7-27)33-19;1-2(3)4/h5-6,8,10-12,19,27H,4,7,9H2,1-3H3,(H,24,30)(H,22,23,25,28);1H3,(H,3,4). The minimum absolute atomic E-state index is 0.0857. The highest BCUT2D eigenvalue weighted by molar-refractivity contribution is 6.12. The first kappa shape index (κ1) is 27.5. The molecular weight excluding hydrogens is 490 g/mol. The van der Waals surface area contributed by atoms with Crippen molar-refractivity contribution in [2.24, 2.45) is 16.8 Å². The number of aliphatic hydroxyl groups is 1. The Hall–Kier alpha value is -4.04. The summed E-state index contributed by atoms with van der Waals surface area (Å²) in [5.74, 6) is -0.830. The van der Waals surface area contributed by atoms with Crippen molar-refractivity contribution in [3.8, 4) is 0 Å². The van der Waals surface area contributed by atoms with E-state index < -0.39 is 36.6 Å². The number of amides is 1. The molecule has 2 aliphatic heterocycles. The highest BCUT2D eigenvalue weighted by Gasteiger charge is 2.35. The molecule has 2 aromatic heterocycles. The number of hydrogen-bond acceptors (Lipinski definition) is 11. The molecule has 0 saturated carbocycles. The Morgan fingerprint density at radius 3 is 2.65 bits per heavy atom. The van der Waals surface area contributed by atoms with Gasteiger partial charge in [0, 0.05) is 30.5 Å². The number of aliphatic hydroxyl groups excluding tert-OH is 1. The minimum Gasteiger partial charge on any atom is -0.481 e. The van der Waals surface area contributed by atoms with Crippen LogP contribution in [0.2, 0.25) is 0 Å². The summed E-state index contributed by atoms with van der Waals surface area (Å²) in [6.45, 7) is 5.75. The van der Waals surface area contributed by atoms with Crippen LogP contribution in [0.25, 0.3) is 10.8 Å². The zero-order valence-electron chi connectivity index (χ0n) is 20.8. The van der Waals surface area contributed by atoms with E-state index in [1.54, 1.807) is 24.6 Å². The van der Waals surface area contributed by atoms with Gasteiger partial charge >= 0.3 is 12.1 Å². The molecule has 14 nitrogen and oxygen atoms in total. The largest absolute Gasteiger partial charge is 0.481 e. The van der Waals surface area contributed by atoms with Crippen LogP contribution in [-0.4, -0.2) is 63.6 Å². The maximum atomic E-state index is 12.3. The van der Waals surface area contributed by atoms with E-state index >= 15 is 0 Å². The number of aromatic nitrogens is 2. The first-order chi connectivity index (χ1) is 17.5. The first-order valence-electron chi connectivity index (χ1n) is 11.5. The zero-order chi connectivity index (χ0) is 27.3. The van der Waals surface area contributed by atoms with E-state index in [0.717, 1.165) is 6.92 Å². The summed E-state index contributed by atoms with van der Waals surface area (Å²) in [4.78, 5) is 53.6. The summed E-state index contributed by atoms with van der Waals surface area (Å²) in [6.07, 6.45) is 2.21. The van der Waals surface area contributed by atoms with Crippen LogP contribution < -0.4 is 16.2 Å². The lowest BCUT2D eigenvalue weighted by atomic mass is 10.1. The van der Waals surface area contributed by atoms with Crippen molar-refractivity contribution in [2.75, 3.05) is 24.0 Å². The molecule has 4 rings (SSSR count). The van der Waals surface area contributed by atoms with Gasteiger partial charge in [-0.25, -0.2) is 9.79 Å². The lowest BCUT2D eigenvalue weighted by Gasteiger charge is -2.19. The van der Waals surface area contributed by atoms with Crippen LogP contribution >= 0.6 is 0 Å². The summed E-state index contributed by atoms with van der Waals surface area (Å²) in [6, 6.07) is 1.17. The number of rotatable bonds is 6. The Labute approximate surface area is 211 Å². The van der Waals surface area contributed by atoms with Gasteiger partial charge in [-0.15, -0.1) is 0 Å². The molecule has 2 aliphatic rings. The minimum atomic E-state index is -0.909. The quantitative estimate of drug-likeness (QED) is 0.323. The fraction of sp³-hybridized carbons (Fsp3) is 0.478. The molecule has 0 aliphatic carbocycles. The number of carboxylic acid groups (broad SMARTS) is 1. The number of aliphatic imine (C=N–C) groups is 1. The van der Waals surface area contributed by atoms with Crippen molar-refractivity contribution < 1.29 is 38.8 Å². The molecule has 1 saturated heterocycles. The van der Waals surface area contributed by atoms with Crippen molar-refractivity contribution in [1.82, 2.24) is 9.55 Å². The van der Waals surface area contributed by atoms with Gasteiger partial charge in [-0.2, -0.15) is 4.98 Å². The number of anilines is 2. The van der Waals surface area contributed by atoms with Gasteiger partial charge < -0.3 is 34.3 Å². The summed E-state index contributed by atoms with van der Waals surface area (Å²) < 4.78 is 17.6. The highest BCUT2D eigenvalue weighted by atomic mass is 16.7. The summed E-state index contributed by atoms with van der Waals surface area (Å²) in [7, 11) is 0. The van der Waals surface area contributed by atoms with E-state index in [1.165, 1.54) is 12.4 Å². The SMILES string of the molecule is CC(=O)O.CC(C)C(=O)OCOC(=O)Nc1cc(=O)nc2c3c(n(C4OC(CO)CC4C)cc13)N=CN2. The number of carboxylic acids is 1. The second-order valence-corrected chi connectivity index (χ2v) is 8.76. The van der Waals surface area contributed by atoms with E-state index in [1.807, 2.05) is 6.92 Å². The van der Waals surface area contributed by atoms with Gasteiger partial charge in [-0.1, -0.05) is 20.8 Å². The molecule has 14 heteroatoms. The number of carbonyl (C=O) groups is 3. The van der Waals surface area contributed by atoms with E-state index in [9.17, 15) is 19.5 Å². The van der Waals surface area contributed by atoms with Gasteiger partial charge in [-0.05, 0) is 6.42 Å². The average molecular weight is 520 g/mol. The van der Waals surface area contributed by atoms with Crippen LogP contribution in [-0.2, 0) is 23.8 Å².